The zero-order valence-corrected chi connectivity index (χ0v) is 18.0. The average molecular weight is 381 g/mol. The van der Waals surface area contributed by atoms with Gasteiger partial charge in [0, 0.05) is 13.6 Å². The van der Waals surface area contributed by atoms with Crippen molar-refractivity contribution >= 4 is 15.1 Å². The van der Waals surface area contributed by atoms with Crippen molar-refractivity contribution in [2.45, 2.75) is 52.4 Å². The minimum Gasteiger partial charge on any atom is -0.445 e. The summed E-state index contributed by atoms with van der Waals surface area (Å²) < 4.78 is 13.6. The highest BCUT2D eigenvalue weighted by Crippen LogP contribution is 2.45. The highest BCUT2D eigenvalue weighted by molar-refractivity contribution is 6.48. The average Bonchev–Trinajstić information content (AvgIpc) is 3.09. The van der Waals surface area contributed by atoms with Crippen molar-refractivity contribution in [1.29, 1.82) is 0 Å². The molecule has 2 rings (SSSR count). The second-order valence-corrected chi connectivity index (χ2v) is 10.7. The fraction of sp³-hybridized carbons (Fsp3) is 0.722. The first-order chi connectivity index (χ1) is 12.1. The van der Waals surface area contributed by atoms with Crippen molar-refractivity contribution in [2.75, 3.05) is 13.2 Å². The number of aryl methyl sites for hydroxylation is 1. The van der Waals surface area contributed by atoms with Crippen LogP contribution in [0.5, 0.6) is 0 Å². The van der Waals surface area contributed by atoms with Crippen LogP contribution in [0, 0.1) is 11.3 Å². The molecule has 2 atom stereocenters. The number of amides is 1. The molecular weight excluding hydrogens is 348 g/mol. The zero-order chi connectivity index (χ0) is 19.5. The van der Waals surface area contributed by atoms with E-state index in [1.807, 2.05) is 7.05 Å². The molecule has 0 radical (unpaired) electrons. The Morgan fingerprint density at radius 1 is 1.50 bits per heavy atom. The third-order valence-corrected chi connectivity index (χ3v) is 5.83. The lowest BCUT2D eigenvalue weighted by atomic mass is 9.78. The number of carbonyl (C=O) groups excluding carboxylic acids is 1. The van der Waals surface area contributed by atoms with Gasteiger partial charge in [0.15, 0.2) is 9.04 Å². The monoisotopic (exact) mass is 380 g/mol. The van der Waals surface area contributed by atoms with E-state index in [0.29, 0.717) is 18.9 Å². The van der Waals surface area contributed by atoms with E-state index in [2.05, 4.69) is 50.5 Å². The Bertz CT molecular complexity index is 641. The molecule has 26 heavy (non-hydrogen) atoms. The van der Waals surface area contributed by atoms with E-state index in [1.54, 1.807) is 15.7 Å². The van der Waals surface area contributed by atoms with E-state index in [0.717, 1.165) is 12.2 Å². The van der Waals surface area contributed by atoms with Crippen LogP contribution >= 0.6 is 0 Å². The van der Waals surface area contributed by atoms with Crippen molar-refractivity contribution < 1.29 is 14.0 Å². The van der Waals surface area contributed by atoms with E-state index in [-0.39, 0.29) is 18.1 Å². The number of hydrogen-bond acceptors (Lipinski definition) is 5. The standard InChI is InChI=1S/C18H32N4O3Si/c1-8-9-24-16(23)22-12-14(17(2,3)4)10-18(22,25-26(6)7)11-15-19-13-20-21(15)5/h8,13-14,26H,1,9-12H2,2-7H3/t14-,18+/m0/s1. The van der Waals surface area contributed by atoms with E-state index < -0.39 is 14.8 Å². The lowest BCUT2D eigenvalue weighted by Gasteiger charge is -2.39. The van der Waals surface area contributed by atoms with Crippen molar-refractivity contribution in [3.63, 3.8) is 0 Å². The van der Waals surface area contributed by atoms with Crippen LogP contribution in [-0.4, -0.2) is 53.7 Å². The summed E-state index contributed by atoms with van der Waals surface area (Å²) in [5.74, 6) is 1.11. The molecule has 1 aromatic heterocycles. The summed E-state index contributed by atoms with van der Waals surface area (Å²) in [6.07, 6.45) is 4.03. The Balaban J connectivity index is 2.41. The van der Waals surface area contributed by atoms with Gasteiger partial charge in [0.05, 0.1) is 6.42 Å². The second-order valence-electron chi connectivity index (χ2n) is 8.33. The first-order valence-corrected chi connectivity index (χ1v) is 11.9. The van der Waals surface area contributed by atoms with E-state index in [9.17, 15) is 4.79 Å². The molecule has 1 aromatic rings. The van der Waals surface area contributed by atoms with Gasteiger partial charge >= 0.3 is 6.09 Å². The van der Waals surface area contributed by atoms with Crippen molar-refractivity contribution in [1.82, 2.24) is 19.7 Å². The molecule has 0 spiro atoms. The predicted molar refractivity (Wildman–Crippen MR) is 103 cm³/mol. The molecule has 0 unspecified atom stereocenters. The minimum atomic E-state index is -1.44. The smallest absolute Gasteiger partial charge is 0.412 e. The molecule has 0 saturated carbocycles. The predicted octanol–water partition coefficient (Wildman–Crippen LogP) is 2.74. The van der Waals surface area contributed by atoms with Crippen molar-refractivity contribution in [3.05, 3.63) is 24.8 Å². The molecule has 7 nitrogen and oxygen atoms in total. The highest BCUT2D eigenvalue weighted by Gasteiger charge is 2.53. The maximum atomic E-state index is 12.8. The normalized spacial score (nSPS) is 23.5. The van der Waals surface area contributed by atoms with Gasteiger partial charge in [0.25, 0.3) is 0 Å². The molecular formula is C18H32N4O3Si. The lowest BCUT2D eigenvalue weighted by Crippen LogP contribution is -2.53. The Morgan fingerprint density at radius 3 is 2.69 bits per heavy atom. The molecule has 2 heterocycles. The second kappa shape index (κ2) is 7.92. The molecule has 0 aromatic carbocycles. The van der Waals surface area contributed by atoms with Crippen LogP contribution < -0.4 is 0 Å². The van der Waals surface area contributed by atoms with Crippen LogP contribution in [0.4, 0.5) is 4.79 Å². The molecule has 1 fully saturated rings. The van der Waals surface area contributed by atoms with Crippen LogP contribution in [0.2, 0.25) is 13.1 Å². The topological polar surface area (TPSA) is 69.5 Å². The summed E-state index contributed by atoms with van der Waals surface area (Å²) in [5.41, 5.74) is -0.683. The van der Waals surface area contributed by atoms with E-state index >= 15 is 0 Å². The van der Waals surface area contributed by atoms with Gasteiger partial charge in [-0.25, -0.2) is 9.78 Å². The first-order valence-electron chi connectivity index (χ1n) is 9.15. The minimum absolute atomic E-state index is 0.0561. The molecule has 0 aliphatic carbocycles. The van der Waals surface area contributed by atoms with Gasteiger partial charge in [-0.2, -0.15) is 5.10 Å². The molecule has 1 saturated heterocycles. The SMILES string of the molecule is C=CCOC(=O)N1C[C@@H](C(C)(C)C)C[C@]1(Cc1ncnn1C)O[SiH](C)C. The van der Waals surface area contributed by atoms with Gasteiger partial charge in [-0.1, -0.05) is 33.4 Å². The molecule has 0 N–H and O–H groups in total. The van der Waals surface area contributed by atoms with Crippen molar-refractivity contribution in [2.24, 2.45) is 18.4 Å². The van der Waals surface area contributed by atoms with Gasteiger partial charge in [-0.05, 0) is 30.8 Å². The van der Waals surface area contributed by atoms with Gasteiger partial charge in [0.2, 0.25) is 0 Å². The quantitative estimate of drug-likeness (QED) is 0.561. The summed E-state index contributed by atoms with van der Waals surface area (Å²) in [7, 11) is 0.417. The maximum absolute atomic E-state index is 12.8. The number of nitrogens with zero attached hydrogens (tertiary/aromatic N) is 4. The molecule has 1 aliphatic rings. The number of rotatable bonds is 6. The first kappa shape index (κ1) is 20.6. The van der Waals surface area contributed by atoms with Gasteiger partial charge < -0.3 is 9.16 Å². The van der Waals surface area contributed by atoms with E-state index in [1.165, 1.54) is 6.33 Å². The third-order valence-electron chi connectivity index (χ3n) is 4.92. The summed E-state index contributed by atoms with van der Waals surface area (Å²) in [5, 5.41) is 4.17. The van der Waals surface area contributed by atoms with Crippen LogP contribution in [-0.2, 0) is 22.6 Å². The van der Waals surface area contributed by atoms with Gasteiger partial charge in [-0.15, -0.1) is 0 Å². The molecule has 8 heteroatoms. The largest absolute Gasteiger partial charge is 0.445 e. The molecule has 146 valence electrons. The molecule has 0 bridgehead atoms. The number of ether oxygens (including phenoxy) is 1. The van der Waals surface area contributed by atoms with Crippen LogP contribution in [0.3, 0.4) is 0 Å². The summed E-state index contributed by atoms with van der Waals surface area (Å²) in [6.45, 7) is 15.3. The van der Waals surface area contributed by atoms with Crippen LogP contribution in [0.15, 0.2) is 19.0 Å². The van der Waals surface area contributed by atoms with Gasteiger partial charge in [0.1, 0.15) is 24.5 Å². The summed E-state index contributed by atoms with van der Waals surface area (Å²) >= 11 is 0. The number of carbonyl (C=O) groups is 1. The number of hydrogen-bond donors (Lipinski definition) is 0. The van der Waals surface area contributed by atoms with Crippen LogP contribution in [0.1, 0.15) is 33.0 Å². The fourth-order valence-corrected chi connectivity index (χ4v) is 4.65. The maximum Gasteiger partial charge on any atom is 0.412 e. The van der Waals surface area contributed by atoms with Gasteiger partial charge in [-0.3, -0.25) is 9.58 Å². The van der Waals surface area contributed by atoms with Crippen molar-refractivity contribution in [3.8, 4) is 0 Å². The third kappa shape index (κ3) is 4.53. The van der Waals surface area contributed by atoms with E-state index in [4.69, 9.17) is 9.16 Å². The highest BCUT2D eigenvalue weighted by atomic mass is 28.3. The fourth-order valence-electron chi connectivity index (χ4n) is 3.46. The Hall–Kier alpha value is -1.67. The summed E-state index contributed by atoms with van der Waals surface area (Å²) in [4.78, 5) is 19.0. The Labute approximate surface area is 158 Å². The molecule has 1 amide bonds. The Morgan fingerprint density at radius 2 is 2.19 bits per heavy atom. The summed E-state index contributed by atoms with van der Waals surface area (Å²) in [6, 6.07) is 0. The molecule has 1 aliphatic heterocycles. The number of aromatic nitrogens is 3. The van der Waals surface area contributed by atoms with Crippen LogP contribution in [0.25, 0.3) is 0 Å². The Kier molecular flexibility index (Phi) is 6.28. The number of likely N-dealkylation sites (tertiary alicyclic amines) is 1. The zero-order valence-electron chi connectivity index (χ0n) is 16.9. The lowest BCUT2D eigenvalue weighted by molar-refractivity contribution is -0.0526.